The molecule has 3 aromatic rings. The molecule has 0 saturated carbocycles. The largest absolute Gasteiger partial charge is 0.479 e. The van der Waals surface area contributed by atoms with Gasteiger partial charge in [-0.2, -0.15) is 5.10 Å². The minimum absolute atomic E-state index is 0.0352. The molecule has 1 aromatic carbocycles. The molecule has 2 atom stereocenters. The van der Waals surface area contributed by atoms with Gasteiger partial charge in [-0.15, -0.1) is 5.48 Å². The van der Waals surface area contributed by atoms with Crippen LogP contribution in [0.25, 0.3) is 11.5 Å². The molecule has 2 aromatic heterocycles. The Kier molecular flexibility index (Phi) is 5.90. The third kappa shape index (κ3) is 4.32. The average molecular weight is 470 g/mol. The van der Waals surface area contributed by atoms with Gasteiger partial charge in [0.1, 0.15) is 23.8 Å². The fraction of sp³-hybridized carbons (Fsp3) is 0.273. The van der Waals surface area contributed by atoms with Crippen LogP contribution in [0, 0.1) is 11.6 Å². The first-order chi connectivity index (χ1) is 16.5. The minimum Gasteiger partial charge on any atom is -0.479 e. The summed E-state index contributed by atoms with van der Waals surface area (Å²) in [5.74, 6) is -2.07. The average Bonchev–Trinajstić information content (AvgIpc) is 3.51. The van der Waals surface area contributed by atoms with E-state index in [0.29, 0.717) is 17.0 Å². The van der Waals surface area contributed by atoms with E-state index in [2.05, 4.69) is 20.5 Å². The van der Waals surface area contributed by atoms with Crippen molar-refractivity contribution >= 4 is 11.8 Å². The van der Waals surface area contributed by atoms with Crippen LogP contribution in [0.3, 0.4) is 0 Å². The molecule has 0 bridgehead atoms. The SMILES string of the molecule is O=C(O)C1CN(c2nc(-c3cc(C4C=CON4)n(Cc4ccccc4F)n3)ncc2F)CCO1. The van der Waals surface area contributed by atoms with E-state index in [9.17, 15) is 18.7 Å². The first-order valence-electron chi connectivity index (χ1n) is 10.5. The van der Waals surface area contributed by atoms with Crippen LogP contribution in [0.4, 0.5) is 14.6 Å². The van der Waals surface area contributed by atoms with Gasteiger partial charge in [0.2, 0.25) is 0 Å². The maximum absolute atomic E-state index is 14.6. The zero-order valence-corrected chi connectivity index (χ0v) is 17.8. The van der Waals surface area contributed by atoms with Crippen LogP contribution >= 0.6 is 0 Å². The normalized spacial score (nSPS) is 19.9. The Morgan fingerprint density at radius 2 is 2.12 bits per heavy atom. The third-order valence-electron chi connectivity index (χ3n) is 5.54. The van der Waals surface area contributed by atoms with Crippen LogP contribution in [-0.4, -0.2) is 56.6 Å². The van der Waals surface area contributed by atoms with Gasteiger partial charge in [0.25, 0.3) is 0 Å². The molecule has 2 aliphatic rings. The number of carboxylic acid groups (broad SMARTS) is 1. The van der Waals surface area contributed by atoms with Crippen molar-refractivity contribution in [3.63, 3.8) is 0 Å². The minimum atomic E-state index is -1.13. The van der Waals surface area contributed by atoms with E-state index in [1.807, 2.05) is 0 Å². The van der Waals surface area contributed by atoms with Crippen molar-refractivity contribution in [2.45, 2.75) is 18.7 Å². The van der Waals surface area contributed by atoms with Gasteiger partial charge in [0, 0.05) is 12.1 Å². The molecule has 0 amide bonds. The molecule has 12 heteroatoms. The highest BCUT2D eigenvalue weighted by molar-refractivity contribution is 5.73. The van der Waals surface area contributed by atoms with Crippen LogP contribution in [-0.2, 0) is 20.9 Å². The van der Waals surface area contributed by atoms with Gasteiger partial charge in [-0.25, -0.2) is 23.5 Å². The lowest BCUT2D eigenvalue weighted by Gasteiger charge is -2.31. The fourth-order valence-corrected chi connectivity index (χ4v) is 3.83. The summed E-state index contributed by atoms with van der Waals surface area (Å²) >= 11 is 0. The van der Waals surface area contributed by atoms with Crippen molar-refractivity contribution in [2.24, 2.45) is 0 Å². The Morgan fingerprint density at radius 1 is 1.26 bits per heavy atom. The Labute approximate surface area is 192 Å². The van der Waals surface area contributed by atoms with Crippen molar-refractivity contribution in [1.82, 2.24) is 25.2 Å². The van der Waals surface area contributed by atoms with Gasteiger partial charge in [0.05, 0.1) is 31.6 Å². The summed E-state index contributed by atoms with van der Waals surface area (Å²) in [4.78, 5) is 26.3. The van der Waals surface area contributed by atoms with Crippen LogP contribution in [0.1, 0.15) is 17.3 Å². The topological polar surface area (TPSA) is 115 Å². The van der Waals surface area contributed by atoms with Crippen molar-refractivity contribution in [3.05, 3.63) is 71.8 Å². The molecule has 1 saturated heterocycles. The summed E-state index contributed by atoms with van der Waals surface area (Å²) in [5.41, 5.74) is 4.27. The Morgan fingerprint density at radius 3 is 2.88 bits per heavy atom. The van der Waals surface area contributed by atoms with Gasteiger partial charge in [0.15, 0.2) is 23.6 Å². The second-order valence-corrected chi connectivity index (χ2v) is 7.75. The standard InChI is InChI=1S/C22H20F2N6O4/c23-14-4-2-1-3-13(14)11-30-18(16-5-7-34-28-16)9-17(27-30)20-25-10-15(24)21(26-20)29-6-8-33-19(12-29)22(31)32/h1-5,7,9-10,16,19,28H,6,8,11-12H2,(H,31,32). The number of hydroxylamine groups is 1. The summed E-state index contributed by atoms with van der Waals surface area (Å²) < 4.78 is 35.7. The third-order valence-corrected chi connectivity index (χ3v) is 5.54. The zero-order chi connectivity index (χ0) is 23.7. The van der Waals surface area contributed by atoms with Gasteiger partial charge in [-0.1, -0.05) is 18.2 Å². The summed E-state index contributed by atoms with van der Waals surface area (Å²) in [6.45, 7) is 0.491. The van der Waals surface area contributed by atoms with E-state index in [4.69, 9.17) is 9.57 Å². The first kappa shape index (κ1) is 21.9. The fourth-order valence-electron chi connectivity index (χ4n) is 3.83. The van der Waals surface area contributed by atoms with Crippen molar-refractivity contribution in [3.8, 4) is 11.5 Å². The summed E-state index contributed by atoms with van der Waals surface area (Å²) in [6, 6.07) is 7.76. The maximum atomic E-state index is 14.6. The van der Waals surface area contributed by atoms with Crippen molar-refractivity contribution in [2.75, 3.05) is 24.6 Å². The Balaban J connectivity index is 1.50. The molecule has 4 heterocycles. The van der Waals surface area contributed by atoms with Crippen LogP contribution in [0.15, 0.2) is 48.9 Å². The number of benzene rings is 1. The van der Waals surface area contributed by atoms with Crippen LogP contribution in [0.2, 0.25) is 0 Å². The van der Waals surface area contributed by atoms with E-state index in [1.54, 1.807) is 35.0 Å². The predicted octanol–water partition coefficient (Wildman–Crippen LogP) is 2.05. The lowest BCUT2D eigenvalue weighted by atomic mass is 10.1. The highest BCUT2D eigenvalue weighted by atomic mass is 19.1. The van der Waals surface area contributed by atoms with Crippen molar-refractivity contribution < 1.29 is 28.3 Å². The number of hydrogen-bond donors (Lipinski definition) is 2. The quantitative estimate of drug-likeness (QED) is 0.559. The predicted molar refractivity (Wildman–Crippen MR) is 114 cm³/mol. The summed E-state index contributed by atoms with van der Waals surface area (Å²) in [6.07, 6.45) is 3.21. The molecule has 10 nitrogen and oxygen atoms in total. The lowest BCUT2D eigenvalue weighted by Crippen LogP contribution is -2.46. The molecule has 0 spiro atoms. The van der Waals surface area contributed by atoms with Crippen LogP contribution in [0.5, 0.6) is 0 Å². The summed E-state index contributed by atoms with van der Waals surface area (Å²) in [7, 11) is 0. The zero-order valence-electron chi connectivity index (χ0n) is 17.8. The first-order valence-corrected chi connectivity index (χ1v) is 10.5. The number of ether oxygens (including phenoxy) is 1. The number of aromatic nitrogens is 4. The molecule has 2 N–H and O–H groups in total. The number of hydrogen-bond acceptors (Lipinski definition) is 8. The molecular formula is C22H20F2N6O4. The molecule has 34 heavy (non-hydrogen) atoms. The second-order valence-electron chi connectivity index (χ2n) is 7.75. The number of rotatable bonds is 6. The molecule has 1 fully saturated rings. The lowest BCUT2D eigenvalue weighted by molar-refractivity contribution is -0.150. The molecule has 5 rings (SSSR count). The monoisotopic (exact) mass is 470 g/mol. The molecular weight excluding hydrogens is 450 g/mol. The maximum Gasteiger partial charge on any atom is 0.334 e. The van der Waals surface area contributed by atoms with E-state index in [0.717, 1.165) is 6.20 Å². The van der Waals surface area contributed by atoms with Gasteiger partial charge in [-0.3, -0.25) is 4.68 Å². The number of morpholine rings is 1. The van der Waals surface area contributed by atoms with Gasteiger partial charge < -0.3 is 19.6 Å². The molecule has 176 valence electrons. The smallest absolute Gasteiger partial charge is 0.334 e. The van der Waals surface area contributed by atoms with E-state index in [-0.39, 0.29) is 49.7 Å². The number of aliphatic carboxylic acids is 1. The van der Waals surface area contributed by atoms with Gasteiger partial charge >= 0.3 is 5.97 Å². The number of anilines is 1. The molecule has 2 unspecified atom stereocenters. The summed E-state index contributed by atoms with van der Waals surface area (Å²) in [5, 5.41) is 13.8. The van der Waals surface area contributed by atoms with Gasteiger partial charge in [-0.05, 0) is 18.2 Å². The molecule has 2 aliphatic heterocycles. The Hall–Kier alpha value is -3.90. The number of halogens is 2. The number of carboxylic acids is 1. The highest BCUT2D eigenvalue weighted by Gasteiger charge is 2.29. The number of nitrogens with zero attached hydrogens (tertiary/aromatic N) is 5. The van der Waals surface area contributed by atoms with Crippen molar-refractivity contribution in [1.29, 1.82) is 0 Å². The van der Waals surface area contributed by atoms with Crippen LogP contribution < -0.4 is 10.4 Å². The van der Waals surface area contributed by atoms with E-state index < -0.39 is 17.9 Å². The number of carbonyl (C=O) groups is 1. The second kappa shape index (κ2) is 9.15. The Bertz CT molecular complexity index is 1250. The van der Waals surface area contributed by atoms with E-state index >= 15 is 0 Å². The molecule has 0 aliphatic carbocycles. The van der Waals surface area contributed by atoms with E-state index in [1.165, 1.54) is 17.2 Å². The number of nitrogens with one attached hydrogen (secondary N) is 1. The molecule has 0 radical (unpaired) electrons. The highest BCUT2D eigenvalue weighted by Crippen LogP contribution is 2.27.